The van der Waals surface area contributed by atoms with Crippen LogP contribution in [0.2, 0.25) is 10.0 Å². The van der Waals surface area contributed by atoms with Crippen LogP contribution >= 0.6 is 23.2 Å². The van der Waals surface area contributed by atoms with Gasteiger partial charge in [0, 0.05) is 11.1 Å². The molecule has 19 heavy (non-hydrogen) atoms. The highest BCUT2D eigenvalue weighted by Crippen LogP contribution is 2.34. The predicted molar refractivity (Wildman–Crippen MR) is 78.4 cm³/mol. The Morgan fingerprint density at radius 1 is 1.26 bits per heavy atom. The number of nitrogens with two attached hydrogens (primary N) is 1. The van der Waals surface area contributed by atoms with Crippen LogP contribution in [-0.4, -0.2) is 19.7 Å². The van der Waals surface area contributed by atoms with Crippen LogP contribution in [0.5, 0.6) is 0 Å². The molecule has 3 unspecified atom stereocenters. The van der Waals surface area contributed by atoms with Crippen molar-refractivity contribution in [1.82, 2.24) is 0 Å². The zero-order valence-corrected chi connectivity index (χ0v) is 13.0. The molecule has 1 fully saturated rings. The molecule has 1 aromatic carbocycles. The van der Waals surface area contributed by atoms with E-state index >= 15 is 0 Å². The molecule has 0 amide bonds. The Kier molecular flexibility index (Phi) is 4.45. The van der Waals surface area contributed by atoms with Crippen LogP contribution in [-0.2, 0) is 9.84 Å². The average Bonchev–Trinajstić information content (AvgIpc) is 2.35. The Morgan fingerprint density at radius 2 is 1.95 bits per heavy atom. The molecule has 0 aliphatic heterocycles. The van der Waals surface area contributed by atoms with Crippen molar-refractivity contribution >= 4 is 33.0 Å². The summed E-state index contributed by atoms with van der Waals surface area (Å²) in [5, 5.41) is -0.0116. The SMILES string of the molecule is CC1CCC(N)C(S(=O)(=O)c2cc(Cl)ccc2Cl)C1. The predicted octanol–water partition coefficient (Wildman–Crippen LogP) is 3.28. The molecule has 0 bridgehead atoms. The number of rotatable bonds is 2. The lowest BCUT2D eigenvalue weighted by molar-refractivity contribution is 0.346. The molecule has 3 atom stereocenters. The quantitative estimate of drug-likeness (QED) is 0.909. The highest BCUT2D eigenvalue weighted by atomic mass is 35.5. The van der Waals surface area contributed by atoms with Crippen LogP contribution < -0.4 is 5.73 Å². The van der Waals surface area contributed by atoms with Crippen molar-refractivity contribution in [3.8, 4) is 0 Å². The third-order valence-electron chi connectivity index (χ3n) is 3.70. The highest BCUT2D eigenvalue weighted by molar-refractivity contribution is 7.92. The molecule has 6 heteroatoms. The van der Waals surface area contributed by atoms with Crippen molar-refractivity contribution < 1.29 is 8.42 Å². The van der Waals surface area contributed by atoms with Crippen LogP contribution in [0.25, 0.3) is 0 Å². The van der Waals surface area contributed by atoms with E-state index in [2.05, 4.69) is 0 Å². The third-order valence-corrected chi connectivity index (χ3v) is 6.67. The Hall–Kier alpha value is -0.290. The Bertz CT molecular complexity index is 574. The molecule has 1 aliphatic carbocycles. The fraction of sp³-hybridized carbons (Fsp3) is 0.538. The largest absolute Gasteiger partial charge is 0.327 e. The maximum absolute atomic E-state index is 12.7. The fourth-order valence-electron chi connectivity index (χ4n) is 2.57. The molecule has 0 heterocycles. The smallest absolute Gasteiger partial charge is 0.184 e. The monoisotopic (exact) mass is 321 g/mol. The van der Waals surface area contributed by atoms with Crippen LogP contribution in [0.3, 0.4) is 0 Å². The summed E-state index contributed by atoms with van der Waals surface area (Å²) in [5.41, 5.74) is 6.00. The maximum atomic E-state index is 12.7. The molecule has 3 nitrogen and oxygen atoms in total. The van der Waals surface area contributed by atoms with Gasteiger partial charge in [-0.25, -0.2) is 8.42 Å². The summed E-state index contributed by atoms with van der Waals surface area (Å²) in [5.74, 6) is 0.359. The molecule has 2 rings (SSSR count). The second kappa shape index (κ2) is 5.60. The van der Waals surface area contributed by atoms with Crippen molar-refractivity contribution in [1.29, 1.82) is 0 Å². The zero-order chi connectivity index (χ0) is 14.2. The minimum absolute atomic E-state index is 0.0937. The van der Waals surface area contributed by atoms with E-state index in [1.807, 2.05) is 6.92 Å². The fourth-order valence-corrected chi connectivity index (χ4v) is 5.38. The molecule has 0 radical (unpaired) electrons. The van der Waals surface area contributed by atoms with Gasteiger partial charge in [-0.15, -0.1) is 0 Å². The van der Waals surface area contributed by atoms with Gasteiger partial charge in [0.2, 0.25) is 0 Å². The minimum atomic E-state index is -3.54. The van der Waals surface area contributed by atoms with Crippen LogP contribution in [0.1, 0.15) is 26.2 Å². The van der Waals surface area contributed by atoms with E-state index in [-0.39, 0.29) is 16.0 Å². The van der Waals surface area contributed by atoms with Gasteiger partial charge in [-0.2, -0.15) is 0 Å². The highest BCUT2D eigenvalue weighted by Gasteiger charge is 2.37. The van der Waals surface area contributed by atoms with E-state index in [0.717, 1.165) is 12.8 Å². The van der Waals surface area contributed by atoms with Gasteiger partial charge in [0.25, 0.3) is 0 Å². The van der Waals surface area contributed by atoms with Gasteiger partial charge in [0.15, 0.2) is 9.84 Å². The van der Waals surface area contributed by atoms with Crippen LogP contribution in [0, 0.1) is 5.92 Å². The van der Waals surface area contributed by atoms with Crippen molar-refractivity contribution in [3.63, 3.8) is 0 Å². The molecule has 2 N–H and O–H groups in total. The first kappa shape index (κ1) is 15.1. The van der Waals surface area contributed by atoms with Gasteiger partial charge < -0.3 is 5.73 Å². The lowest BCUT2D eigenvalue weighted by Gasteiger charge is -2.32. The topological polar surface area (TPSA) is 60.2 Å². The Balaban J connectivity index is 2.44. The second-order valence-electron chi connectivity index (χ2n) is 5.24. The van der Waals surface area contributed by atoms with Crippen molar-refractivity contribution in [2.75, 3.05) is 0 Å². The van der Waals surface area contributed by atoms with E-state index in [1.54, 1.807) is 6.07 Å². The molecule has 1 aliphatic rings. The van der Waals surface area contributed by atoms with Gasteiger partial charge in [0.05, 0.1) is 15.2 Å². The number of halogens is 2. The first-order chi connectivity index (χ1) is 8.82. The van der Waals surface area contributed by atoms with Gasteiger partial charge in [-0.05, 0) is 43.4 Å². The first-order valence-electron chi connectivity index (χ1n) is 6.27. The summed E-state index contributed by atoms with van der Waals surface area (Å²) in [6, 6.07) is 4.16. The Labute approximate surface area is 124 Å². The number of sulfone groups is 1. The van der Waals surface area contributed by atoms with Crippen molar-refractivity contribution in [2.24, 2.45) is 11.7 Å². The van der Waals surface area contributed by atoms with Gasteiger partial charge in [0.1, 0.15) is 0 Å². The van der Waals surface area contributed by atoms with Gasteiger partial charge in [-0.1, -0.05) is 30.1 Å². The van der Waals surface area contributed by atoms with Crippen molar-refractivity contribution in [3.05, 3.63) is 28.2 Å². The Morgan fingerprint density at radius 3 is 2.63 bits per heavy atom. The first-order valence-corrected chi connectivity index (χ1v) is 8.57. The molecule has 1 saturated carbocycles. The second-order valence-corrected chi connectivity index (χ2v) is 8.22. The standard InChI is InChI=1S/C13H17Cl2NO2S/c1-8-2-5-11(16)13(6-8)19(17,18)12-7-9(14)3-4-10(12)15/h3-4,7-8,11,13H,2,5-6,16H2,1H3. The number of benzene rings is 1. The maximum Gasteiger partial charge on any atom is 0.184 e. The van der Waals surface area contributed by atoms with E-state index in [0.29, 0.717) is 17.4 Å². The van der Waals surface area contributed by atoms with E-state index in [1.165, 1.54) is 12.1 Å². The lowest BCUT2D eigenvalue weighted by atomic mass is 9.87. The summed E-state index contributed by atoms with van der Waals surface area (Å²) in [4.78, 5) is 0.0937. The van der Waals surface area contributed by atoms with Crippen LogP contribution in [0.15, 0.2) is 23.1 Å². The van der Waals surface area contributed by atoms with Crippen molar-refractivity contribution in [2.45, 2.75) is 42.4 Å². The molecule has 1 aromatic rings. The van der Waals surface area contributed by atoms with E-state index in [9.17, 15) is 8.42 Å². The number of hydrogen-bond donors (Lipinski definition) is 1. The van der Waals surface area contributed by atoms with E-state index in [4.69, 9.17) is 28.9 Å². The lowest BCUT2D eigenvalue weighted by Crippen LogP contribution is -2.44. The summed E-state index contributed by atoms with van der Waals surface area (Å²) in [6.07, 6.45) is 2.27. The summed E-state index contributed by atoms with van der Waals surface area (Å²) >= 11 is 11.9. The summed E-state index contributed by atoms with van der Waals surface area (Å²) in [6.45, 7) is 2.05. The third kappa shape index (κ3) is 3.07. The molecule has 0 aromatic heterocycles. The zero-order valence-electron chi connectivity index (χ0n) is 10.6. The summed E-state index contributed by atoms with van der Waals surface area (Å²) in [7, 11) is -3.54. The molecular formula is C13H17Cl2NO2S. The summed E-state index contributed by atoms with van der Waals surface area (Å²) < 4.78 is 25.4. The number of hydrogen-bond acceptors (Lipinski definition) is 3. The molecular weight excluding hydrogens is 305 g/mol. The van der Waals surface area contributed by atoms with Gasteiger partial charge >= 0.3 is 0 Å². The molecule has 0 saturated heterocycles. The van der Waals surface area contributed by atoms with E-state index < -0.39 is 15.1 Å². The molecule has 0 spiro atoms. The minimum Gasteiger partial charge on any atom is -0.327 e. The average molecular weight is 322 g/mol. The van der Waals surface area contributed by atoms with Crippen LogP contribution in [0.4, 0.5) is 0 Å². The van der Waals surface area contributed by atoms with Gasteiger partial charge in [-0.3, -0.25) is 0 Å². The normalized spacial score (nSPS) is 28.3. The molecule has 106 valence electrons.